The van der Waals surface area contributed by atoms with Crippen LogP contribution < -0.4 is 10.6 Å². The van der Waals surface area contributed by atoms with Gasteiger partial charge >= 0.3 is 11.9 Å². The highest BCUT2D eigenvalue weighted by Gasteiger charge is 2.13. The van der Waals surface area contributed by atoms with Gasteiger partial charge in [-0.1, -0.05) is 6.92 Å². The quantitative estimate of drug-likeness (QED) is 0.290. The summed E-state index contributed by atoms with van der Waals surface area (Å²) < 4.78 is 0. The Labute approximate surface area is 126 Å². The van der Waals surface area contributed by atoms with Gasteiger partial charge in [0.15, 0.2) is 0 Å². The number of carbonyl (C=O) groups is 2. The Balaban J connectivity index is 4.28. The molecule has 0 bridgehead atoms. The van der Waals surface area contributed by atoms with Gasteiger partial charge in [-0.2, -0.15) is 0 Å². The summed E-state index contributed by atoms with van der Waals surface area (Å²) in [4.78, 5) is 25.3. The normalized spacial score (nSPS) is 11.2. The number of rotatable bonds is 14. The van der Waals surface area contributed by atoms with E-state index in [-0.39, 0.29) is 13.1 Å². The standard InChI is InChI=1S/C13H28N4O4/c1-3-15-5-7-17(11-13(20)21)9-8-16(6-4-14-2)10-12(18)19/h14-15H,3-11H2,1-2H3,(H,18,19)(H,20,21). The number of likely N-dealkylation sites (N-methyl/N-ethyl adjacent to an activating group) is 2. The van der Waals surface area contributed by atoms with Gasteiger partial charge < -0.3 is 20.8 Å². The first kappa shape index (κ1) is 19.8. The molecular weight excluding hydrogens is 276 g/mol. The summed E-state index contributed by atoms with van der Waals surface area (Å²) in [5.74, 6) is -1.74. The van der Waals surface area contributed by atoms with E-state index in [0.717, 1.165) is 13.1 Å². The van der Waals surface area contributed by atoms with Gasteiger partial charge in [0, 0.05) is 39.3 Å². The molecule has 0 fully saturated rings. The number of aliphatic carboxylic acids is 2. The number of carboxylic acid groups (broad SMARTS) is 2. The molecule has 21 heavy (non-hydrogen) atoms. The lowest BCUT2D eigenvalue weighted by atomic mass is 10.3. The smallest absolute Gasteiger partial charge is 0.317 e. The van der Waals surface area contributed by atoms with E-state index in [4.69, 9.17) is 10.2 Å². The minimum atomic E-state index is -0.872. The van der Waals surface area contributed by atoms with Crippen LogP contribution in [0, 0.1) is 0 Å². The molecule has 0 aliphatic carbocycles. The topological polar surface area (TPSA) is 105 Å². The zero-order valence-corrected chi connectivity index (χ0v) is 13.0. The van der Waals surface area contributed by atoms with Crippen molar-refractivity contribution in [2.45, 2.75) is 6.92 Å². The van der Waals surface area contributed by atoms with Crippen molar-refractivity contribution >= 4 is 11.9 Å². The molecule has 0 rings (SSSR count). The summed E-state index contributed by atoms with van der Waals surface area (Å²) >= 11 is 0. The fraction of sp³-hybridized carbons (Fsp3) is 0.846. The fourth-order valence-corrected chi connectivity index (χ4v) is 1.89. The second kappa shape index (κ2) is 12.5. The summed E-state index contributed by atoms with van der Waals surface area (Å²) in [6.45, 7) is 6.52. The van der Waals surface area contributed by atoms with Crippen molar-refractivity contribution in [3.8, 4) is 0 Å². The third-order valence-electron chi connectivity index (χ3n) is 2.98. The Morgan fingerprint density at radius 1 is 0.905 bits per heavy atom. The first-order chi connectivity index (χ1) is 9.99. The molecule has 0 aromatic heterocycles. The van der Waals surface area contributed by atoms with Gasteiger partial charge in [-0.25, -0.2) is 0 Å². The molecule has 0 saturated carbocycles. The second-order valence-electron chi connectivity index (χ2n) is 4.80. The summed E-state index contributed by atoms with van der Waals surface area (Å²) in [6, 6.07) is 0. The maximum absolute atomic E-state index is 10.9. The van der Waals surface area contributed by atoms with E-state index in [1.165, 1.54) is 0 Å². The van der Waals surface area contributed by atoms with Crippen molar-refractivity contribution in [3.05, 3.63) is 0 Å². The fourth-order valence-electron chi connectivity index (χ4n) is 1.89. The molecule has 0 aliphatic rings. The monoisotopic (exact) mass is 304 g/mol. The average molecular weight is 304 g/mol. The van der Waals surface area contributed by atoms with Crippen LogP contribution >= 0.6 is 0 Å². The predicted octanol–water partition coefficient (Wildman–Crippen LogP) is -1.41. The molecule has 0 saturated heterocycles. The van der Waals surface area contributed by atoms with Crippen LogP contribution in [0.4, 0.5) is 0 Å². The van der Waals surface area contributed by atoms with Crippen molar-refractivity contribution in [3.63, 3.8) is 0 Å². The van der Waals surface area contributed by atoms with Gasteiger partial charge in [-0.15, -0.1) is 0 Å². The first-order valence-corrected chi connectivity index (χ1v) is 7.23. The summed E-state index contributed by atoms with van der Waals surface area (Å²) in [6.07, 6.45) is 0. The molecule has 0 aromatic rings. The Morgan fingerprint density at radius 2 is 1.38 bits per heavy atom. The lowest BCUT2D eigenvalue weighted by Crippen LogP contribution is -2.43. The third kappa shape index (κ3) is 12.2. The van der Waals surface area contributed by atoms with Crippen LogP contribution in [-0.2, 0) is 9.59 Å². The van der Waals surface area contributed by atoms with Crippen LogP contribution in [0.5, 0.6) is 0 Å². The van der Waals surface area contributed by atoms with E-state index in [1.54, 1.807) is 4.90 Å². The average Bonchev–Trinajstić information content (AvgIpc) is 2.40. The molecule has 0 aliphatic heterocycles. The van der Waals surface area contributed by atoms with Gasteiger partial charge in [0.1, 0.15) is 0 Å². The zero-order valence-electron chi connectivity index (χ0n) is 13.0. The van der Waals surface area contributed by atoms with Crippen LogP contribution in [0.3, 0.4) is 0 Å². The molecule has 0 spiro atoms. The maximum atomic E-state index is 10.9. The largest absolute Gasteiger partial charge is 0.480 e. The molecule has 0 atom stereocenters. The van der Waals surface area contributed by atoms with Gasteiger partial charge in [0.05, 0.1) is 13.1 Å². The van der Waals surface area contributed by atoms with E-state index in [9.17, 15) is 9.59 Å². The van der Waals surface area contributed by atoms with Gasteiger partial charge in [0.2, 0.25) is 0 Å². The van der Waals surface area contributed by atoms with Crippen LogP contribution in [0.1, 0.15) is 6.92 Å². The number of hydrogen-bond acceptors (Lipinski definition) is 6. The van der Waals surface area contributed by atoms with E-state index in [2.05, 4.69) is 10.6 Å². The minimum Gasteiger partial charge on any atom is -0.480 e. The molecule has 8 nitrogen and oxygen atoms in total. The predicted molar refractivity (Wildman–Crippen MR) is 80.6 cm³/mol. The van der Waals surface area contributed by atoms with E-state index < -0.39 is 11.9 Å². The highest BCUT2D eigenvalue weighted by Crippen LogP contribution is 1.93. The molecule has 4 N–H and O–H groups in total. The van der Waals surface area contributed by atoms with Crippen molar-refractivity contribution in [1.82, 2.24) is 20.4 Å². The molecule has 124 valence electrons. The van der Waals surface area contributed by atoms with Crippen molar-refractivity contribution in [1.29, 1.82) is 0 Å². The Morgan fingerprint density at radius 3 is 1.76 bits per heavy atom. The summed E-state index contributed by atoms with van der Waals surface area (Å²) in [5.41, 5.74) is 0. The molecule has 0 unspecified atom stereocenters. The van der Waals surface area contributed by atoms with Crippen molar-refractivity contribution < 1.29 is 19.8 Å². The Kier molecular flexibility index (Phi) is 11.8. The lowest BCUT2D eigenvalue weighted by Gasteiger charge is -2.25. The third-order valence-corrected chi connectivity index (χ3v) is 2.98. The number of nitrogens with one attached hydrogen (secondary N) is 2. The summed E-state index contributed by atoms with van der Waals surface area (Å²) in [7, 11) is 1.81. The van der Waals surface area contributed by atoms with Crippen LogP contribution in [0.15, 0.2) is 0 Å². The highest BCUT2D eigenvalue weighted by atomic mass is 16.4. The Bertz CT molecular complexity index is 302. The van der Waals surface area contributed by atoms with E-state index in [1.807, 2.05) is 18.9 Å². The van der Waals surface area contributed by atoms with E-state index in [0.29, 0.717) is 32.7 Å². The number of hydrogen-bond donors (Lipinski definition) is 4. The molecule has 0 radical (unpaired) electrons. The number of nitrogens with zero attached hydrogens (tertiary/aromatic N) is 2. The molecule has 0 aromatic carbocycles. The van der Waals surface area contributed by atoms with Gasteiger partial charge in [-0.05, 0) is 13.6 Å². The van der Waals surface area contributed by atoms with Crippen molar-refractivity contribution in [2.24, 2.45) is 0 Å². The van der Waals surface area contributed by atoms with Gasteiger partial charge in [-0.3, -0.25) is 19.4 Å². The zero-order chi connectivity index (χ0) is 16.1. The number of carboxylic acids is 2. The second-order valence-corrected chi connectivity index (χ2v) is 4.80. The Hall–Kier alpha value is -1.22. The van der Waals surface area contributed by atoms with Crippen molar-refractivity contribution in [2.75, 3.05) is 66.0 Å². The first-order valence-electron chi connectivity index (χ1n) is 7.23. The summed E-state index contributed by atoms with van der Waals surface area (Å²) in [5, 5.41) is 23.9. The van der Waals surface area contributed by atoms with Crippen LogP contribution in [0.25, 0.3) is 0 Å². The van der Waals surface area contributed by atoms with E-state index >= 15 is 0 Å². The molecular formula is C13H28N4O4. The molecule has 0 amide bonds. The lowest BCUT2D eigenvalue weighted by molar-refractivity contribution is -0.140. The SMILES string of the molecule is CCNCCN(CCN(CCNC)CC(=O)O)CC(=O)O. The van der Waals surface area contributed by atoms with Crippen LogP contribution in [-0.4, -0.2) is 97.9 Å². The van der Waals surface area contributed by atoms with Gasteiger partial charge in [0.25, 0.3) is 0 Å². The van der Waals surface area contributed by atoms with Crippen LogP contribution in [0.2, 0.25) is 0 Å². The molecule has 0 heterocycles. The maximum Gasteiger partial charge on any atom is 0.317 e. The molecule has 8 heteroatoms. The minimum absolute atomic E-state index is 0.0294. The highest BCUT2D eigenvalue weighted by molar-refractivity contribution is 5.69.